The zero-order chi connectivity index (χ0) is 29.2. The summed E-state index contributed by atoms with van der Waals surface area (Å²) in [7, 11) is -3.31. The molecule has 0 saturated heterocycles. The minimum Gasteiger partial charge on any atom is -0.477 e. The highest BCUT2D eigenvalue weighted by Gasteiger charge is 2.31. The lowest BCUT2D eigenvalue weighted by molar-refractivity contribution is -0.115. The van der Waals surface area contributed by atoms with Gasteiger partial charge in [-0.25, -0.2) is 22.2 Å². The summed E-state index contributed by atoms with van der Waals surface area (Å²) in [5.74, 6) is -0.989. The number of hydrogen-bond acceptors (Lipinski definition) is 5. The highest BCUT2D eigenvalue weighted by molar-refractivity contribution is 7.91. The van der Waals surface area contributed by atoms with E-state index < -0.39 is 27.1 Å². The fourth-order valence-electron chi connectivity index (χ4n) is 4.47. The van der Waals surface area contributed by atoms with Gasteiger partial charge >= 0.3 is 0 Å². The van der Waals surface area contributed by atoms with Crippen molar-refractivity contribution in [2.24, 2.45) is 5.92 Å². The summed E-state index contributed by atoms with van der Waals surface area (Å²) in [5, 5.41) is 2.88. The fraction of sp³-hybridized carbons (Fsp3) is 0.333. The third kappa shape index (κ3) is 6.50. The first-order valence-electron chi connectivity index (χ1n) is 13.1. The maximum atomic E-state index is 14.4. The average molecular weight is 570 g/mol. The van der Waals surface area contributed by atoms with Crippen LogP contribution in [0.25, 0.3) is 11.0 Å². The molecule has 0 radical (unpaired) electrons. The number of imidazole rings is 1. The molecule has 0 aliphatic carbocycles. The SMILES string of the molecule is CCS(=O)(=O)c1ccc(CC(=O)Nc2ccc3c(c2)nc(C(C)(C)Oc2ccc(F)cc2F)n3CC(C)C)cc1. The van der Waals surface area contributed by atoms with E-state index in [1.165, 1.54) is 18.2 Å². The molecule has 0 unspecified atom stereocenters. The number of fused-ring (bicyclic) bond motifs is 1. The van der Waals surface area contributed by atoms with Gasteiger partial charge < -0.3 is 14.6 Å². The topological polar surface area (TPSA) is 90.3 Å². The molecule has 4 rings (SSSR count). The summed E-state index contributed by atoms with van der Waals surface area (Å²) in [6, 6.07) is 14.9. The van der Waals surface area contributed by atoms with Crippen molar-refractivity contribution in [1.29, 1.82) is 0 Å². The van der Waals surface area contributed by atoms with Crippen LogP contribution in [0, 0.1) is 17.6 Å². The van der Waals surface area contributed by atoms with Gasteiger partial charge in [0, 0.05) is 18.3 Å². The number of sulfone groups is 1. The highest BCUT2D eigenvalue weighted by Crippen LogP contribution is 2.33. The summed E-state index contributed by atoms with van der Waals surface area (Å²) in [6.45, 7) is 9.90. The molecule has 0 saturated carbocycles. The van der Waals surface area contributed by atoms with Gasteiger partial charge in [-0.1, -0.05) is 32.9 Å². The Balaban J connectivity index is 1.58. The summed E-state index contributed by atoms with van der Waals surface area (Å²) >= 11 is 0. The van der Waals surface area contributed by atoms with Gasteiger partial charge in [-0.3, -0.25) is 4.79 Å². The molecule has 4 aromatic rings. The number of benzene rings is 3. The predicted molar refractivity (Wildman–Crippen MR) is 151 cm³/mol. The normalized spacial score (nSPS) is 12.2. The van der Waals surface area contributed by atoms with Crippen LogP contribution in [0.3, 0.4) is 0 Å². The summed E-state index contributed by atoms with van der Waals surface area (Å²) in [5.41, 5.74) is 1.62. The van der Waals surface area contributed by atoms with Gasteiger partial charge in [0.1, 0.15) is 5.82 Å². The molecular weight excluding hydrogens is 536 g/mol. The molecule has 0 spiro atoms. The Hall–Kier alpha value is -3.79. The third-order valence-corrected chi connectivity index (χ3v) is 8.15. The van der Waals surface area contributed by atoms with Crippen molar-refractivity contribution >= 4 is 32.5 Å². The predicted octanol–water partition coefficient (Wildman–Crippen LogP) is 6.26. The Kier molecular flexibility index (Phi) is 8.30. The van der Waals surface area contributed by atoms with E-state index >= 15 is 0 Å². The molecule has 1 heterocycles. The van der Waals surface area contributed by atoms with Crippen LogP contribution in [-0.2, 0) is 33.2 Å². The second-order valence-corrected chi connectivity index (χ2v) is 12.9. The number of nitrogens with zero attached hydrogens (tertiary/aromatic N) is 2. The van der Waals surface area contributed by atoms with Crippen molar-refractivity contribution in [1.82, 2.24) is 9.55 Å². The first-order valence-corrected chi connectivity index (χ1v) is 14.7. The molecule has 7 nitrogen and oxygen atoms in total. The number of nitrogens with one attached hydrogen (secondary N) is 1. The monoisotopic (exact) mass is 569 g/mol. The Morgan fingerprint density at radius 2 is 1.75 bits per heavy atom. The molecular formula is C30H33F2N3O4S. The third-order valence-electron chi connectivity index (χ3n) is 6.40. The molecule has 212 valence electrons. The lowest BCUT2D eigenvalue weighted by Crippen LogP contribution is -2.30. The van der Waals surface area contributed by atoms with Gasteiger partial charge in [0.2, 0.25) is 5.91 Å². The van der Waals surface area contributed by atoms with E-state index in [1.807, 2.05) is 10.6 Å². The second-order valence-electron chi connectivity index (χ2n) is 10.6. The summed E-state index contributed by atoms with van der Waals surface area (Å²) < 4.78 is 59.8. The van der Waals surface area contributed by atoms with E-state index in [0.717, 1.165) is 17.6 Å². The number of hydrogen-bond donors (Lipinski definition) is 1. The Labute approximate surface area is 233 Å². The summed E-state index contributed by atoms with van der Waals surface area (Å²) in [6.07, 6.45) is 0.0711. The number of ether oxygens (including phenoxy) is 1. The molecule has 1 aromatic heterocycles. The lowest BCUT2D eigenvalue weighted by Gasteiger charge is -2.27. The van der Waals surface area contributed by atoms with Crippen LogP contribution in [0.2, 0.25) is 0 Å². The van der Waals surface area contributed by atoms with E-state index in [4.69, 9.17) is 9.72 Å². The number of carbonyl (C=O) groups is 1. The Morgan fingerprint density at radius 3 is 2.38 bits per heavy atom. The zero-order valence-corrected chi connectivity index (χ0v) is 24.0. The Morgan fingerprint density at radius 1 is 1.05 bits per heavy atom. The number of carbonyl (C=O) groups excluding carboxylic acids is 1. The molecule has 1 N–H and O–H groups in total. The van der Waals surface area contributed by atoms with Crippen LogP contribution < -0.4 is 10.1 Å². The number of rotatable bonds is 10. The minimum absolute atomic E-state index is 0.0103. The average Bonchev–Trinajstić information content (AvgIpc) is 3.24. The van der Waals surface area contributed by atoms with Gasteiger partial charge in [0.15, 0.2) is 32.8 Å². The first-order chi connectivity index (χ1) is 18.8. The van der Waals surface area contributed by atoms with E-state index in [2.05, 4.69) is 19.2 Å². The van der Waals surface area contributed by atoms with Gasteiger partial charge in [-0.05, 0) is 67.8 Å². The van der Waals surface area contributed by atoms with Crippen LogP contribution in [0.5, 0.6) is 5.75 Å². The number of halogens is 2. The minimum atomic E-state index is -3.31. The van der Waals surface area contributed by atoms with Crippen LogP contribution in [0.1, 0.15) is 46.0 Å². The molecule has 0 fully saturated rings. The van der Waals surface area contributed by atoms with E-state index in [9.17, 15) is 22.0 Å². The molecule has 0 aliphatic heterocycles. The molecule has 0 aliphatic rings. The standard InChI is InChI=1S/C30H33F2N3O4S/c1-6-40(37,38)23-11-7-20(8-12-23)15-28(36)33-22-10-13-26-25(17-22)34-29(35(26)18-19(2)3)30(4,5)39-27-14-9-21(31)16-24(27)32/h7-14,16-17,19H,6,15,18H2,1-5H3,(H,33,36). The van der Waals surface area contributed by atoms with Crippen molar-refractivity contribution in [2.45, 2.75) is 58.1 Å². The molecule has 0 atom stereocenters. The molecule has 10 heteroatoms. The van der Waals surface area contributed by atoms with Crippen LogP contribution in [0.15, 0.2) is 65.6 Å². The highest BCUT2D eigenvalue weighted by atomic mass is 32.2. The van der Waals surface area contributed by atoms with E-state index in [0.29, 0.717) is 29.1 Å². The molecule has 40 heavy (non-hydrogen) atoms. The van der Waals surface area contributed by atoms with Gasteiger partial charge in [-0.2, -0.15) is 0 Å². The molecule has 0 bridgehead atoms. The fourth-order valence-corrected chi connectivity index (χ4v) is 5.35. The quantitative estimate of drug-likeness (QED) is 0.244. The van der Waals surface area contributed by atoms with Crippen molar-refractivity contribution in [3.8, 4) is 5.75 Å². The maximum absolute atomic E-state index is 14.4. The number of aromatic nitrogens is 2. The van der Waals surface area contributed by atoms with Crippen molar-refractivity contribution in [3.63, 3.8) is 0 Å². The zero-order valence-electron chi connectivity index (χ0n) is 23.2. The van der Waals surface area contributed by atoms with Crippen LogP contribution in [0.4, 0.5) is 14.5 Å². The van der Waals surface area contributed by atoms with Gasteiger partial charge in [0.25, 0.3) is 0 Å². The Bertz CT molecular complexity index is 1650. The van der Waals surface area contributed by atoms with Crippen molar-refractivity contribution in [2.75, 3.05) is 11.1 Å². The van der Waals surface area contributed by atoms with E-state index in [1.54, 1.807) is 45.0 Å². The van der Waals surface area contributed by atoms with Crippen LogP contribution in [-0.4, -0.2) is 29.6 Å². The maximum Gasteiger partial charge on any atom is 0.228 e. The lowest BCUT2D eigenvalue weighted by atomic mass is 10.1. The largest absolute Gasteiger partial charge is 0.477 e. The smallest absolute Gasteiger partial charge is 0.228 e. The first kappa shape index (κ1) is 29.2. The second kappa shape index (κ2) is 11.4. The van der Waals surface area contributed by atoms with Gasteiger partial charge in [0.05, 0.1) is 28.1 Å². The molecule has 3 aromatic carbocycles. The number of anilines is 1. The van der Waals surface area contributed by atoms with Crippen LogP contribution >= 0.6 is 0 Å². The van der Waals surface area contributed by atoms with E-state index in [-0.39, 0.29) is 34.6 Å². The number of amides is 1. The summed E-state index contributed by atoms with van der Waals surface area (Å²) in [4.78, 5) is 17.8. The molecule has 1 amide bonds. The van der Waals surface area contributed by atoms with Crippen molar-refractivity contribution in [3.05, 3.63) is 83.7 Å². The van der Waals surface area contributed by atoms with Crippen molar-refractivity contribution < 1.29 is 26.7 Å². The van der Waals surface area contributed by atoms with Gasteiger partial charge in [-0.15, -0.1) is 0 Å².